The number of carboxylic acids is 1. The lowest BCUT2D eigenvalue weighted by atomic mass is 10.5. The molecule has 104 valence electrons. The zero-order valence-corrected chi connectivity index (χ0v) is 10.3. The SMILES string of the molecule is O=C(O)COCCNC(=O)NCCOCC1CC1. The minimum Gasteiger partial charge on any atom is -0.480 e. The molecule has 0 aromatic carbocycles. The van der Waals surface area contributed by atoms with Crippen LogP contribution in [0.5, 0.6) is 0 Å². The largest absolute Gasteiger partial charge is 0.480 e. The van der Waals surface area contributed by atoms with Crippen LogP contribution in [0.25, 0.3) is 0 Å². The van der Waals surface area contributed by atoms with Crippen LogP contribution in [0.15, 0.2) is 0 Å². The Morgan fingerprint density at radius 3 is 2.28 bits per heavy atom. The molecule has 1 aliphatic rings. The molecule has 0 heterocycles. The van der Waals surface area contributed by atoms with Crippen LogP contribution in [-0.4, -0.2) is 56.6 Å². The van der Waals surface area contributed by atoms with Crippen molar-refractivity contribution in [2.45, 2.75) is 12.8 Å². The molecule has 1 aliphatic carbocycles. The average Bonchev–Trinajstić information content (AvgIpc) is 3.11. The molecule has 7 nitrogen and oxygen atoms in total. The van der Waals surface area contributed by atoms with E-state index in [4.69, 9.17) is 14.6 Å². The summed E-state index contributed by atoms with van der Waals surface area (Å²) in [6.45, 7) is 1.87. The zero-order valence-electron chi connectivity index (χ0n) is 10.3. The van der Waals surface area contributed by atoms with Crippen LogP contribution < -0.4 is 10.6 Å². The molecule has 1 fully saturated rings. The number of nitrogens with one attached hydrogen (secondary N) is 2. The standard InChI is InChI=1S/C11H20N2O5/c14-10(15)8-18-6-4-13-11(16)12-3-5-17-7-9-1-2-9/h9H,1-8H2,(H,14,15)(H2,12,13,16). The Balaban J connectivity index is 1.79. The molecule has 0 saturated heterocycles. The van der Waals surface area contributed by atoms with Crippen LogP contribution in [0.3, 0.4) is 0 Å². The van der Waals surface area contributed by atoms with Crippen LogP contribution >= 0.6 is 0 Å². The van der Waals surface area contributed by atoms with Crippen LogP contribution in [0.2, 0.25) is 0 Å². The molecule has 18 heavy (non-hydrogen) atoms. The fourth-order valence-corrected chi connectivity index (χ4v) is 1.23. The highest BCUT2D eigenvalue weighted by Gasteiger charge is 2.20. The average molecular weight is 260 g/mol. The second-order valence-corrected chi connectivity index (χ2v) is 4.15. The van der Waals surface area contributed by atoms with E-state index >= 15 is 0 Å². The third-order valence-electron chi connectivity index (χ3n) is 2.34. The molecule has 0 aliphatic heterocycles. The Morgan fingerprint density at radius 2 is 1.72 bits per heavy atom. The van der Waals surface area contributed by atoms with Crippen molar-refractivity contribution in [3.8, 4) is 0 Å². The van der Waals surface area contributed by atoms with Gasteiger partial charge in [0.15, 0.2) is 0 Å². The van der Waals surface area contributed by atoms with Crippen LogP contribution in [-0.2, 0) is 14.3 Å². The number of carbonyl (C=O) groups excluding carboxylic acids is 1. The quantitative estimate of drug-likeness (QED) is 0.473. The summed E-state index contributed by atoms with van der Waals surface area (Å²) in [5.41, 5.74) is 0. The Morgan fingerprint density at radius 1 is 1.11 bits per heavy atom. The highest BCUT2D eigenvalue weighted by atomic mass is 16.5. The first-order chi connectivity index (χ1) is 8.68. The van der Waals surface area contributed by atoms with Gasteiger partial charge in [-0.3, -0.25) is 0 Å². The zero-order chi connectivity index (χ0) is 13.2. The van der Waals surface area contributed by atoms with Crippen molar-refractivity contribution >= 4 is 12.0 Å². The first-order valence-electron chi connectivity index (χ1n) is 6.07. The first kappa shape index (κ1) is 14.7. The normalized spacial score (nSPS) is 14.2. The first-order valence-corrected chi connectivity index (χ1v) is 6.07. The summed E-state index contributed by atoms with van der Waals surface area (Å²) in [7, 11) is 0. The van der Waals surface area contributed by atoms with Crippen molar-refractivity contribution in [1.82, 2.24) is 10.6 Å². The summed E-state index contributed by atoms with van der Waals surface area (Å²) in [5.74, 6) is -0.294. The summed E-state index contributed by atoms with van der Waals surface area (Å²) in [4.78, 5) is 21.3. The van der Waals surface area contributed by atoms with Gasteiger partial charge in [-0.2, -0.15) is 0 Å². The Bertz CT molecular complexity index is 268. The van der Waals surface area contributed by atoms with E-state index in [0.717, 1.165) is 12.5 Å². The molecule has 0 spiro atoms. The van der Waals surface area contributed by atoms with Crippen molar-refractivity contribution in [3.63, 3.8) is 0 Å². The fraction of sp³-hybridized carbons (Fsp3) is 0.818. The molecule has 1 saturated carbocycles. The summed E-state index contributed by atoms with van der Waals surface area (Å²) in [6, 6.07) is -0.302. The van der Waals surface area contributed by atoms with E-state index in [1.54, 1.807) is 0 Å². The molecule has 0 atom stereocenters. The molecular formula is C11H20N2O5. The molecule has 0 aromatic rings. The van der Waals surface area contributed by atoms with E-state index in [-0.39, 0.29) is 25.8 Å². The van der Waals surface area contributed by atoms with Gasteiger partial charge in [0.1, 0.15) is 6.61 Å². The van der Waals surface area contributed by atoms with E-state index < -0.39 is 5.97 Å². The summed E-state index contributed by atoms with van der Waals surface area (Å²) >= 11 is 0. The number of aliphatic carboxylic acids is 1. The third-order valence-corrected chi connectivity index (χ3v) is 2.34. The maximum Gasteiger partial charge on any atom is 0.329 e. The number of rotatable bonds is 10. The third kappa shape index (κ3) is 8.77. The van der Waals surface area contributed by atoms with E-state index in [1.165, 1.54) is 12.8 Å². The highest BCUT2D eigenvalue weighted by molar-refractivity contribution is 5.73. The van der Waals surface area contributed by atoms with Gasteiger partial charge in [0, 0.05) is 19.7 Å². The van der Waals surface area contributed by atoms with Crippen molar-refractivity contribution < 1.29 is 24.2 Å². The lowest BCUT2D eigenvalue weighted by Crippen LogP contribution is -2.39. The number of carboxylic acid groups (broad SMARTS) is 1. The molecule has 0 bridgehead atoms. The lowest BCUT2D eigenvalue weighted by Gasteiger charge is -2.07. The minimum atomic E-state index is -1.02. The lowest BCUT2D eigenvalue weighted by molar-refractivity contribution is -0.142. The number of ether oxygens (including phenoxy) is 2. The predicted octanol–water partition coefficient (Wildman–Crippen LogP) is -0.187. The van der Waals surface area contributed by atoms with Gasteiger partial charge in [-0.25, -0.2) is 9.59 Å². The highest BCUT2D eigenvalue weighted by Crippen LogP contribution is 2.28. The Hall–Kier alpha value is -1.34. The van der Waals surface area contributed by atoms with E-state index in [0.29, 0.717) is 13.2 Å². The number of hydrogen-bond donors (Lipinski definition) is 3. The maximum atomic E-state index is 11.2. The number of carbonyl (C=O) groups is 2. The van der Waals surface area contributed by atoms with Crippen LogP contribution in [0, 0.1) is 5.92 Å². The molecule has 0 aromatic heterocycles. The summed E-state index contributed by atoms with van der Waals surface area (Å²) in [6.07, 6.45) is 2.51. The summed E-state index contributed by atoms with van der Waals surface area (Å²) < 4.78 is 10.1. The molecular weight excluding hydrogens is 240 g/mol. The number of hydrogen-bond acceptors (Lipinski definition) is 4. The molecule has 0 radical (unpaired) electrons. The molecule has 2 amide bonds. The second-order valence-electron chi connectivity index (χ2n) is 4.15. The van der Waals surface area contributed by atoms with Crippen LogP contribution in [0.4, 0.5) is 4.79 Å². The van der Waals surface area contributed by atoms with Gasteiger partial charge >= 0.3 is 12.0 Å². The van der Waals surface area contributed by atoms with Gasteiger partial charge in [0.05, 0.1) is 13.2 Å². The van der Waals surface area contributed by atoms with Gasteiger partial charge in [0.25, 0.3) is 0 Å². The van der Waals surface area contributed by atoms with E-state index in [1.807, 2.05) is 0 Å². The fourth-order valence-electron chi connectivity index (χ4n) is 1.23. The topological polar surface area (TPSA) is 96.9 Å². The minimum absolute atomic E-state index is 0.178. The number of amides is 2. The summed E-state index contributed by atoms with van der Waals surface area (Å²) in [5, 5.41) is 13.5. The van der Waals surface area contributed by atoms with Crippen LogP contribution in [0.1, 0.15) is 12.8 Å². The van der Waals surface area contributed by atoms with Gasteiger partial charge in [0.2, 0.25) is 0 Å². The monoisotopic (exact) mass is 260 g/mol. The number of urea groups is 1. The van der Waals surface area contributed by atoms with Crippen molar-refractivity contribution in [2.75, 3.05) is 39.5 Å². The second kappa shape index (κ2) is 8.71. The van der Waals surface area contributed by atoms with Crippen molar-refractivity contribution in [1.29, 1.82) is 0 Å². The Kier molecular flexibility index (Phi) is 7.12. The van der Waals surface area contributed by atoms with Gasteiger partial charge in [-0.1, -0.05) is 0 Å². The molecule has 7 heteroatoms. The van der Waals surface area contributed by atoms with E-state index in [9.17, 15) is 9.59 Å². The van der Waals surface area contributed by atoms with E-state index in [2.05, 4.69) is 10.6 Å². The smallest absolute Gasteiger partial charge is 0.329 e. The van der Waals surface area contributed by atoms with Gasteiger partial charge in [-0.05, 0) is 18.8 Å². The predicted molar refractivity (Wildman–Crippen MR) is 63.4 cm³/mol. The molecule has 3 N–H and O–H groups in total. The van der Waals surface area contributed by atoms with Gasteiger partial charge < -0.3 is 25.2 Å². The van der Waals surface area contributed by atoms with Crippen molar-refractivity contribution in [2.24, 2.45) is 5.92 Å². The maximum absolute atomic E-state index is 11.2. The Labute approximate surface area is 106 Å². The van der Waals surface area contributed by atoms with Crippen molar-refractivity contribution in [3.05, 3.63) is 0 Å². The molecule has 0 unspecified atom stereocenters. The van der Waals surface area contributed by atoms with Gasteiger partial charge in [-0.15, -0.1) is 0 Å². The molecule has 1 rings (SSSR count).